The number of esters is 1. The lowest BCUT2D eigenvalue weighted by Crippen LogP contribution is -2.13. The molecule has 2 aliphatic rings. The van der Waals surface area contributed by atoms with Crippen LogP contribution < -0.4 is 0 Å². The molecular weight excluding hydrogens is 308 g/mol. The minimum atomic E-state index is -0.307. The molecule has 2 aliphatic heterocycles. The predicted molar refractivity (Wildman–Crippen MR) is 82.1 cm³/mol. The Bertz CT molecular complexity index is 405. The maximum Gasteiger partial charge on any atom is 0.332 e. The highest BCUT2D eigenvalue weighted by atomic mass is 32.2. The van der Waals surface area contributed by atoms with Crippen molar-refractivity contribution in [2.24, 2.45) is 0 Å². The lowest BCUT2D eigenvalue weighted by atomic mass is 10.6. The highest BCUT2D eigenvalue weighted by Crippen LogP contribution is 2.52. The van der Waals surface area contributed by atoms with Crippen LogP contribution in [0.15, 0.2) is 29.6 Å². The quantitative estimate of drug-likeness (QED) is 0.709. The number of thioether (sulfide) groups is 4. The van der Waals surface area contributed by atoms with Gasteiger partial charge < -0.3 is 9.47 Å². The van der Waals surface area contributed by atoms with E-state index < -0.39 is 0 Å². The van der Waals surface area contributed by atoms with Crippen molar-refractivity contribution in [3.63, 3.8) is 0 Å². The van der Waals surface area contributed by atoms with Crippen LogP contribution in [0.5, 0.6) is 0 Å². The highest BCUT2D eigenvalue weighted by Gasteiger charge is 2.18. The molecule has 0 bridgehead atoms. The average molecular weight is 320 g/mol. The van der Waals surface area contributed by atoms with Crippen LogP contribution in [0.2, 0.25) is 0 Å². The van der Waals surface area contributed by atoms with Crippen molar-refractivity contribution in [3.8, 4) is 0 Å². The molecule has 0 radical (unpaired) electrons. The van der Waals surface area contributed by atoms with Gasteiger partial charge in [-0.05, 0) is 23.1 Å². The van der Waals surface area contributed by atoms with E-state index in [-0.39, 0.29) is 12.6 Å². The molecule has 3 nitrogen and oxygen atoms in total. The predicted octanol–water partition coefficient (Wildman–Crippen LogP) is 3.97. The van der Waals surface area contributed by atoms with E-state index in [9.17, 15) is 4.79 Å². The van der Waals surface area contributed by atoms with Crippen LogP contribution >= 0.6 is 47.0 Å². The average Bonchev–Trinajstić information content (AvgIpc) is 2.99. The van der Waals surface area contributed by atoms with Gasteiger partial charge in [-0.2, -0.15) is 0 Å². The zero-order valence-corrected chi connectivity index (χ0v) is 13.0. The van der Waals surface area contributed by atoms with E-state index in [1.165, 1.54) is 8.47 Å². The number of carbonyl (C=O) groups excluding carboxylic acids is 1. The normalized spacial score (nSPS) is 18.4. The fourth-order valence-corrected chi connectivity index (χ4v) is 5.60. The van der Waals surface area contributed by atoms with Crippen molar-refractivity contribution >= 4 is 53.0 Å². The molecule has 0 aromatic carbocycles. The SMILES string of the molecule is CCOC(=O)COCC1=CSC(=C2SC=CS2)S1. The van der Waals surface area contributed by atoms with Gasteiger partial charge in [-0.25, -0.2) is 4.79 Å². The minimum absolute atomic E-state index is 0.0212. The van der Waals surface area contributed by atoms with E-state index in [0.717, 1.165) is 4.91 Å². The van der Waals surface area contributed by atoms with E-state index >= 15 is 0 Å². The second-order valence-electron chi connectivity index (χ2n) is 3.18. The first-order valence-electron chi connectivity index (χ1n) is 5.29. The zero-order chi connectivity index (χ0) is 12.8. The van der Waals surface area contributed by atoms with Crippen LogP contribution in [0.3, 0.4) is 0 Å². The van der Waals surface area contributed by atoms with E-state index in [1.54, 1.807) is 54.0 Å². The molecule has 2 heterocycles. The molecule has 0 aromatic heterocycles. The van der Waals surface area contributed by atoms with Crippen molar-refractivity contribution in [2.45, 2.75) is 6.92 Å². The Morgan fingerprint density at radius 1 is 1.22 bits per heavy atom. The maximum atomic E-state index is 11.1. The second-order valence-corrected chi connectivity index (χ2v) is 7.55. The van der Waals surface area contributed by atoms with Crippen LogP contribution in [0.4, 0.5) is 0 Å². The van der Waals surface area contributed by atoms with Gasteiger partial charge in [-0.3, -0.25) is 0 Å². The van der Waals surface area contributed by atoms with Crippen molar-refractivity contribution in [1.82, 2.24) is 0 Å². The van der Waals surface area contributed by atoms with Crippen LogP contribution in [0.25, 0.3) is 0 Å². The number of hydrogen-bond acceptors (Lipinski definition) is 7. The number of hydrogen-bond donors (Lipinski definition) is 0. The van der Waals surface area contributed by atoms with E-state index in [1.807, 2.05) is 0 Å². The van der Waals surface area contributed by atoms with Gasteiger partial charge in [-0.1, -0.05) is 47.0 Å². The molecule has 0 aromatic rings. The van der Waals surface area contributed by atoms with Crippen LogP contribution in [0.1, 0.15) is 6.92 Å². The molecule has 0 aliphatic carbocycles. The summed E-state index contributed by atoms with van der Waals surface area (Å²) in [4.78, 5) is 12.2. The molecule has 0 saturated carbocycles. The minimum Gasteiger partial charge on any atom is -0.464 e. The van der Waals surface area contributed by atoms with Gasteiger partial charge >= 0.3 is 5.97 Å². The lowest BCUT2D eigenvalue weighted by Gasteiger charge is -2.04. The Labute approximate surface area is 123 Å². The zero-order valence-electron chi connectivity index (χ0n) is 9.71. The van der Waals surface area contributed by atoms with E-state index in [0.29, 0.717) is 13.2 Å². The molecule has 0 amide bonds. The largest absolute Gasteiger partial charge is 0.464 e. The van der Waals surface area contributed by atoms with Gasteiger partial charge in [0.15, 0.2) is 0 Å². The van der Waals surface area contributed by atoms with Crippen LogP contribution in [-0.4, -0.2) is 25.8 Å². The Hall–Kier alpha value is 0.0500. The first-order chi connectivity index (χ1) is 8.79. The molecule has 0 fully saturated rings. The first-order valence-corrected chi connectivity index (χ1v) is 8.74. The van der Waals surface area contributed by atoms with E-state index in [4.69, 9.17) is 9.47 Å². The summed E-state index contributed by atoms with van der Waals surface area (Å²) in [6.07, 6.45) is 0. The number of rotatable bonds is 5. The summed E-state index contributed by atoms with van der Waals surface area (Å²) in [6, 6.07) is 0. The fraction of sp³-hybridized carbons (Fsp3) is 0.364. The van der Waals surface area contributed by atoms with Gasteiger partial charge in [0.05, 0.1) is 21.7 Å². The second kappa shape index (κ2) is 7.59. The molecule has 7 heteroatoms. The molecule has 18 heavy (non-hydrogen) atoms. The van der Waals surface area contributed by atoms with Crippen molar-refractivity contribution in [2.75, 3.05) is 19.8 Å². The van der Waals surface area contributed by atoms with Gasteiger partial charge in [0.1, 0.15) is 6.61 Å². The number of ether oxygens (including phenoxy) is 2. The molecule has 2 rings (SSSR count). The first kappa shape index (κ1) is 14.5. The molecule has 0 N–H and O–H groups in total. The Morgan fingerprint density at radius 3 is 2.72 bits per heavy atom. The Kier molecular flexibility index (Phi) is 6.10. The molecule has 98 valence electrons. The van der Waals surface area contributed by atoms with Gasteiger partial charge in [0, 0.05) is 4.91 Å². The van der Waals surface area contributed by atoms with Crippen LogP contribution in [0, 0.1) is 0 Å². The topological polar surface area (TPSA) is 35.5 Å². The summed E-state index contributed by atoms with van der Waals surface area (Å²) in [5.74, 6) is -0.307. The van der Waals surface area contributed by atoms with Crippen molar-refractivity contribution in [3.05, 3.63) is 29.6 Å². The monoisotopic (exact) mass is 320 g/mol. The molecular formula is C11H12O3S4. The highest BCUT2D eigenvalue weighted by molar-refractivity contribution is 8.33. The number of carbonyl (C=O) groups is 1. The summed E-state index contributed by atoms with van der Waals surface area (Å²) in [6.45, 7) is 2.67. The standard InChI is InChI=1S/C11H12O3S4/c1-2-14-9(12)6-13-5-8-7-17-11(18-8)10-15-3-4-16-10/h3-4,7H,2,5-6H2,1H3. The third-order valence-electron chi connectivity index (χ3n) is 1.86. The van der Waals surface area contributed by atoms with Crippen molar-refractivity contribution < 1.29 is 14.3 Å². The Balaban J connectivity index is 1.70. The van der Waals surface area contributed by atoms with Gasteiger partial charge in [0.2, 0.25) is 0 Å². The lowest BCUT2D eigenvalue weighted by molar-refractivity contribution is -0.147. The summed E-state index contributed by atoms with van der Waals surface area (Å²) < 4.78 is 12.7. The molecule has 0 spiro atoms. The molecule has 0 saturated heterocycles. The Morgan fingerprint density at radius 2 is 2.00 bits per heavy atom. The van der Waals surface area contributed by atoms with Crippen molar-refractivity contribution in [1.29, 1.82) is 0 Å². The smallest absolute Gasteiger partial charge is 0.332 e. The van der Waals surface area contributed by atoms with Gasteiger partial charge in [0.25, 0.3) is 0 Å². The fourth-order valence-electron chi connectivity index (χ4n) is 1.18. The summed E-state index contributed by atoms with van der Waals surface area (Å²) >= 11 is 6.94. The van der Waals surface area contributed by atoms with E-state index in [2.05, 4.69) is 16.2 Å². The summed E-state index contributed by atoms with van der Waals surface area (Å²) in [7, 11) is 0. The third kappa shape index (κ3) is 4.31. The van der Waals surface area contributed by atoms with Gasteiger partial charge in [-0.15, -0.1) is 0 Å². The third-order valence-corrected chi connectivity index (χ3v) is 6.91. The maximum absolute atomic E-state index is 11.1. The summed E-state index contributed by atoms with van der Waals surface area (Å²) in [5, 5.41) is 6.25. The van der Waals surface area contributed by atoms with Crippen LogP contribution in [-0.2, 0) is 14.3 Å². The molecule has 0 unspecified atom stereocenters. The summed E-state index contributed by atoms with van der Waals surface area (Å²) in [5.41, 5.74) is 0. The molecule has 0 atom stereocenters.